The Morgan fingerprint density at radius 3 is 1.93 bits per heavy atom. The van der Waals surface area contributed by atoms with Gasteiger partial charge >= 0.3 is 6.09 Å². The zero-order valence-corrected chi connectivity index (χ0v) is 30.7. The molecule has 0 bridgehead atoms. The van der Waals surface area contributed by atoms with E-state index in [4.69, 9.17) is 9.16 Å². The summed E-state index contributed by atoms with van der Waals surface area (Å²) in [5.74, 6) is 0.891. The molecule has 0 aliphatic heterocycles. The molecule has 2 N–H and O–H groups in total. The van der Waals surface area contributed by atoms with Crippen molar-refractivity contribution in [2.45, 2.75) is 123 Å². The van der Waals surface area contributed by atoms with Crippen LogP contribution < -0.4 is 5.32 Å². The number of Topliss-reactive ketones (excluding diaryl/α,β-unsaturated/α-hetero) is 1. The van der Waals surface area contributed by atoms with Crippen LogP contribution in [0.1, 0.15) is 91.1 Å². The van der Waals surface area contributed by atoms with Crippen molar-refractivity contribution in [3.63, 3.8) is 0 Å². The molecule has 3 aromatic rings. The number of carbonyl (C=O) groups is 2. The highest BCUT2D eigenvalue weighted by molar-refractivity contribution is 6.74. The Bertz CT molecular complexity index is 1350. The van der Waals surface area contributed by atoms with E-state index in [-0.39, 0.29) is 28.6 Å². The lowest BCUT2D eigenvalue weighted by atomic mass is 9.81. The van der Waals surface area contributed by atoms with Crippen molar-refractivity contribution in [3.8, 4) is 0 Å². The van der Waals surface area contributed by atoms with E-state index in [2.05, 4.69) is 87.3 Å². The van der Waals surface area contributed by atoms with E-state index in [1.54, 1.807) is 6.20 Å². The fourth-order valence-electron chi connectivity index (χ4n) is 5.47. The summed E-state index contributed by atoms with van der Waals surface area (Å²) in [5.41, 5.74) is 1.53. The van der Waals surface area contributed by atoms with Crippen LogP contribution in [0.2, 0.25) is 18.1 Å². The maximum Gasteiger partial charge on any atom is 0.407 e. The van der Waals surface area contributed by atoms with Crippen molar-refractivity contribution in [1.82, 2.24) is 15.3 Å². The predicted octanol–water partition coefficient (Wildman–Crippen LogP) is 8.88. The second-order valence-electron chi connectivity index (χ2n) is 15.5. The maximum absolute atomic E-state index is 14.4. The summed E-state index contributed by atoms with van der Waals surface area (Å²) in [6.45, 7) is 21.0. The summed E-state index contributed by atoms with van der Waals surface area (Å²) in [6, 6.07) is 19.9. The minimum absolute atomic E-state index is 0.0273. The smallest absolute Gasteiger partial charge is 0.407 e. The fraction of sp³-hybridized carbons (Fsp3) is 0.553. The molecule has 2 aromatic carbocycles. The summed E-state index contributed by atoms with van der Waals surface area (Å²) in [4.78, 5) is 35.5. The summed E-state index contributed by atoms with van der Waals surface area (Å²) >= 11 is 0. The van der Waals surface area contributed by atoms with Gasteiger partial charge in [0.05, 0.1) is 12.1 Å². The fourth-order valence-corrected chi connectivity index (χ4v) is 6.84. The first-order chi connectivity index (χ1) is 21.4. The highest BCUT2D eigenvalue weighted by Crippen LogP contribution is 2.39. The van der Waals surface area contributed by atoms with Gasteiger partial charge in [0.15, 0.2) is 8.32 Å². The summed E-state index contributed by atoms with van der Waals surface area (Å²) < 4.78 is 13.0. The van der Waals surface area contributed by atoms with Crippen LogP contribution in [0.25, 0.3) is 0 Å². The molecule has 1 amide bonds. The molecule has 46 heavy (non-hydrogen) atoms. The van der Waals surface area contributed by atoms with E-state index in [1.807, 2.05) is 63.4 Å². The molecule has 0 saturated carbocycles. The molecule has 0 aliphatic rings. The van der Waals surface area contributed by atoms with E-state index in [1.165, 1.54) is 0 Å². The summed E-state index contributed by atoms with van der Waals surface area (Å²) in [5, 5.41) is 3.12. The largest absolute Gasteiger partial charge is 0.444 e. The molecule has 0 spiro atoms. The van der Waals surface area contributed by atoms with Crippen molar-refractivity contribution < 1.29 is 18.8 Å². The molecular formula is C38H57N3O4Si. The quantitative estimate of drug-likeness (QED) is 0.161. The lowest BCUT2D eigenvalue weighted by Crippen LogP contribution is -2.54. The number of H-pyrrole nitrogens is 1. The molecular weight excluding hydrogens is 591 g/mol. The molecule has 7 nitrogen and oxygen atoms in total. The average Bonchev–Trinajstić information content (AvgIpc) is 3.48. The number of amides is 1. The molecule has 3 rings (SSSR count). The third-order valence-electron chi connectivity index (χ3n) is 9.10. The number of benzene rings is 2. The van der Waals surface area contributed by atoms with Gasteiger partial charge in [0.1, 0.15) is 17.2 Å². The van der Waals surface area contributed by atoms with Gasteiger partial charge < -0.3 is 19.5 Å². The van der Waals surface area contributed by atoms with Crippen LogP contribution in [0.15, 0.2) is 73.1 Å². The SMILES string of the molecule is CC(C)[C@H](CC(=O)[C@H](Cc1ccccc1)C[C@H](O[Si](C)(C)C(C)(C)C)[C@H](Cc1ccccc1)NC(=O)OC(C)(C)C)c1ncc[nH]1. The number of alkyl carbamates (subject to hydrolysis) is 1. The number of nitrogens with one attached hydrogen (secondary N) is 2. The molecule has 0 aliphatic carbocycles. The molecule has 0 fully saturated rings. The zero-order chi connectivity index (χ0) is 34.1. The average molecular weight is 648 g/mol. The van der Waals surface area contributed by atoms with E-state index >= 15 is 0 Å². The van der Waals surface area contributed by atoms with E-state index in [0.717, 1.165) is 17.0 Å². The molecule has 252 valence electrons. The van der Waals surface area contributed by atoms with E-state index < -0.39 is 32.2 Å². The van der Waals surface area contributed by atoms with Crippen LogP contribution in [-0.4, -0.2) is 47.9 Å². The minimum atomic E-state index is -2.35. The van der Waals surface area contributed by atoms with Gasteiger partial charge in [-0.25, -0.2) is 9.78 Å². The van der Waals surface area contributed by atoms with Gasteiger partial charge in [-0.3, -0.25) is 4.79 Å². The van der Waals surface area contributed by atoms with Crippen LogP contribution in [-0.2, 0) is 26.8 Å². The van der Waals surface area contributed by atoms with Crippen molar-refractivity contribution in [3.05, 3.63) is 90.0 Å². The standard InChI is InChI=1S/C38H57N3O4Si/c1-27(2)31(35-39-21-22-40-35)26-33(42)30(23-28-17-13-11-14-18-28)25-34(45-46(9,10)38(6,7)8)32(24-29-19-15-12-16-20-29)41-36(43)44-37(3,4)5/h11-22,27,30-32,34H,23-26H2,1-10H3,(H,39,40)(H,41,43)/t30-,31+,32+,34+/m1/s1. The molecule has 8 heteroatoms. The summed E-state index contributed by atoms with van der Waals surface area (Å²) in [7, 11) is -2.35. The van der Waals surface area contributed by atoms with Crippen LogP contribution in [0.4, 0.5) is 4.79 Å². The highest BCUT2D eigenvalue weighted by Gasteiger charge is 2.42. The Balaban J connectivity index is 2.06. The molecule has 0 saturated heterocycles. The Labute approximate surface area is 278 Å². The van der Waals surface area contributed by atoms with Gasteiger partial charge in [0, 0.05) is 30.7 Å². The van der Waals surface area contributed by atoms with E-state index in [9.17, 15) is 9.59 Å². The Morgan fingerprint density at radius 1 is 0.891 bits per heavy atom. The van der Waals surface area contributed by atoms with Crippen LogP contribution in [0, 0.1) is 11.8 Å². The number of rotatable bonds is 15. The van der Waals surface area contributed by atoms with Crippen molar-refractivity contribution >= 4 is 20.2 Å². The van der Waals surface area contributed by atoms with Gasteiger partial charge in [-0.15, -0.1) is 0 Å². The van der Waals surface area contributed by atoms with Crippen LogP contribution >= 0.6 is 0 Å². The zero-order valence-electron chi connectivity index (χ0n) is 29.7. The topological polar surface area (TPSA) is 93.3 Å². The van der Waals surface area contributed by atoms with Gasteiger partial charge in [-0.1, -0.05) is 95.3 Å². The normalized spacial score (nSPS) is 15.2. The third kappa shape index (κ3) is 11.5. The van der Waals surface area contributed by atoms with Crippen molar-refractivity contribution in [2.75, 3.05) is 0 Å². The number of carbonyl (C=O) groups excluding carboxylic acids is 2. The maximum atomic E-state index is 14.4. The number of hydrogen-bond acceptors (Lipinski definition) is 5. The second-order valence-corrected chi connectivity index (χ2v) is 20.2. The molecule has 1 aromatic heterocycles. The number of nitrogens with zero attached hydrogens (tertiary/aromatic N) is 1. The Hall–Kier alpha value is -3.23. The Kier molecular flexibility index (Phi) is 13.0. The minimum Gasteiger partial charge on any atom is -0.444 e. The molecule has 4 atom stereocenters. The first kappa shape index (κ1) is 37.2. The van der Waals surface area contributed by atoms with Crippen LogP contribution in [0.5, 0.6) is 0 Å². The molecule has 0 unspecified atom stereocenters. The molecule has 0 radical (unpaired) electrons. The number of ether oxygens (including phenoxy) is 1. The van der Waals surface area contributed by atoms with Crippen molar-refractivity contribution in [2.24, 2.45) is 11.8 Å². The monoisotopic (exact) mass is 647 g/mol. The number of aromatic amines is 1. The first-order valence-electron chi connectivity index (χ1n) is 16.7. The number of hydrogen-bond donors (Lipinski definition) is 2. The molecule has 1 heterocycles. The lowest BCUT2D eigenvalue weighted by molar-refractivity contribution is -0.124. The lowest BCUT2D eigenvalue weighted by Gasteiger charge is -2.42. The first-order valence-corrected chi connectivity index (χ1v) is 19.6. The van der Waals surface area contributed by atoms with E-state index in [0.29, 0.717) is 25.7 Å². The number of imidazole rings is 1. The Morgan fingerprint density at radius 2 is 1.46 bits per heavy atom. The van der Waals surface area contributed by atoms with Gasteiger partial charge in [0.2, 0.25) is 0 Å². The summed E-state index contributed by atoms with van der Waals surface area (Å²) in [6.07, 6.45) is 4.63. The van der Waals surface area contributed by atoms with Gasteiger partial charge in [0.25, 0.3) is 0 Å². The number of aromatic nitrogens is 2. The van der Waals surface area contributed by atoms with Crippen LogP contribution in [0.3, 0.4) is 0 Å². The van der Waals surface area contributed by atoms with Gasteiger partial charge in [-0.2, -0.15) is 0 Å². The second kappa shape index (κ2) is 16.0. The predicted molar refractivity (Wildman–Crippen MR) is 189 cm³/mol. The van der Waals surface area contributed by atoms with Gasteiger partial charge in [-0.05, 0) is 75.2 Å². The third-order valence-corrected chi connectivity index (χ3v) is 13.6. The van der Waals surface area contributed by atoms with Crippen molar-refractivity contribution in [1.29, 1.82) is 0 Å². The highest BCUT2D eigenvalue weighted by atomic mass is 28.4. The number of ketones is 1.